The number of nitrogens with zero attached hydrogens (tertiary/aromatic N) is 3. The number of anilines is 1. The van der Waals surface area contributed by atoms with Crippen LogP contribution in [-0.4, -0.2) is 71.2 Å². The van der Waals surface area contributed by atoms with Gasteiger partial charge < -0.3 is 15.3 Å². The maximum Gasteiger partial charge on any atom is 0.312 e. The highest BCUT2D eigenvalue weighted by Gasteiger charge is 2.35. The number of halogens is 1. The topological polar surface area (TPSA) is 193 Å². The van der Waals surface area contributed by atoms with Gasteiger partial charge in [-0.1, -0.05) is 15.9 Å². The predicted octanol–water partition coefficient (Wildman–Crippen LogP) is 0.704. The van der Waals surface area contributed by atoms with Crippen LogP contribution in [-0.2, 0) is 10.1 Å². The molecule has 15 heteroatoms. The third kappa shape index (κ3) is 7.19. The Bertz CT molecular complexity index is 878. The summed E-state index contributed by atoms with van der Waals surface area (Å²) in [5.41, 5.74) is -2.50. The third-order valence-electron chi connectivity index (χ3n) is 3.66. The lowest BCUT2D eigenvalue weighted by atomic mass is 10.1. The molecule has 0 fully saturated rings. The average Bonchev–Trinajstić information content (AvgIpc) is 2.63. The van der Waals surface area contributed by atoms with E-state index in [2.05, 4.69) is 21.2 Å². The van der Waals surface area contributed by atoms with Crippen LogP contribution in [0.25, 0.3) is 0 Å². The molecule has 13 nitrogen and oxygen atoms in total. The molecule has 1 amide bonds. The van der Waals surface area contributed by atoms with Crippen molar-refractivity contribution < 1.29 is 32.7 Å². The van der Waals surface area contributed by atoms with Crippen molar-refractivity contribution in [1.29, 1.82) is 0 Å². The molecular formula is C14H19BrN4O9S. The number of benzene rings is 1. The summed E-state index contributed by atoms with van der Waals surface area (Å²) in [6, 6.07) is 2.05. The Balaban J connectivity index is 3.51. The molecule has 0 aliphatic carbocycles. The van der Waals surface area contributed by atoms with Gasteiger partial charge >= 0.3 is 5.69 Å². The molecule has 0 saturated carbocycles. The van der Waals surface area contributed by atoms with Crippen LogP contribution in [0.2, 0.25) is 0 Å². The quantitative estimate of drug-likeness (QED) is 0.160. The summed E-state index contributed by atoms with van der Waals surface area (Å²) in [5, 5.41) is 34.3. The minimum atomic E-state index is -4.24. The normalized spacial score (nSPS) is 11.1. The predicted molar refractivity (Wildman–Crippen MR) is 106 cm³/mol. The lowest BCUT2D eigenvalue weighted by Gasteiger charge is -2.24. The minimum absolute atomic E-state index is 0.0399. The molecule has 0 heterocycles. The summed E-state index contributed by atoms with van der Waals surface area (Å²) in [6.07, 6.45) is -0.0774. The molecule has 0 saturated heterocycles. The number of nitro benzene ring substituents is 2. The maximum atomic E-state index is 12.4. The van der Waals surface area contributed by atoms with Crippen molar-refractivity contribution in [2.75, 3.05) is 42.2 Å². The van der Waals surface area contributed by atoms with E-state index >= 15 is 0 Å². The zero-order chi connectivity index (χ0) is 22.2. The van der Waals surface area contributed by atoms with Crippen molar-refractivity contribution >= 4 is 49.0 Å². The number of carbonyl (C=O) groups excluding carboxylic acids is 1. The summed E-state index contributed by atoms with van der Waals surface area (Å²) >= 11 is 3.17. The smallest absolute Gasteiger partial charge is 0.312 e. The fourth-order valence-corrected chi connectivity index (χ4v) is 3.46. The molecule has 0 bridgehead atoms. The fourth-order valence-electron chi connectivity index (χ4n) is 2.54. The molecule has 1 aromatic rings. The fraction of sp³-hybridized carbons (Fsp3) is 0.500. The van der Waals surface area contributed by atoms with Gasteiger partial charge in [-0.25, -0.2) is 0 Å². The van der Waals surface area contributed by atoms with Crippen molar-refractivity contribution in [2.24, 2.45) is 0 Å². The van der Waals surface area contributed by atoms with Crippen LogP contribution in [0.3, 0.4) is 0 Å². The number of amides is 1. The van der Waals surface area contributed by atoms with Gasteiger partial charge in [0.1, 0.15) is 5.69 Å². The van der Waals surface area contributed by atoms with Crippen molar-refractivity contribution in [3.05, 3.63) is 37.9 Å². The Morgan fingerprint density at radius 2 is 1.86 bits per heavy atom. The van der Waals surface area contributed by atoms with Gasteiger partial charge in [-0.3, -0.25) is 29.6 Å². The second-order valence-electron chi connectivity index (χ2n) is 5.64. The van der Waals surface area contributed by atoms with E-state index in [-0.39, 0.29) is 31.7 Å². The van der Waals surface area contributed by atoms with E-state index in [9.17, 15) is 33.4 Å². The molecule has 1 aromatic carbocycles. The molecule has 0 radical (unpaired) electrons. The van der Waals surface area contributed by atoms with Gasteiger partial charge in [0.15, 0.2) is 5.56 Å². The number of carbonyl (C=O) groups is 1. The lowest BCUT2D eigenvalue weighted by molar-refractivity contribution is -0.394. The standard InChI is InChI=1S/C14H19BrN4O9S/c15-4-7-17(6-1-9-29(26,27)28)11-3-2-10(18(22)23)12(13(11)19(24)25)14(21)16-5-8-20/h2-3,20H,1,4-9H2,(H,16,21)(H,26,27,28). The zero-order valence-corrected chi connectivity index (χ0v) is 17.4. The number of nitrogens with one attached hydrogen (secondary N) is 1. The van der Waals surface area contributed by atoms with Crippen LogP contribution in [0.4, 0.5) is 17.1 Å². The highest BCUT2D eigenvalue weighted by atomic mass is 79.9. The Morgan fingerprint density at radius 1 is 1.21 bits per heavy atom. The summed E-state index contributed by atoms with van der Waals surface area (Å²) in [5.74, 6) is -1.69. The van der Waals surface area contributed by atoms with Crippen molar-refractivity contribution in [3.63, 3.8) is 0 Å². The average molecular weight is 499 g/mol. The Hall–Kier alpha value is -2.36. The van der Waals surface area contributed by atoms with E-state index in [0.717, 1.165) is 12.1 Å². The van der Waals surface area contributed by atoms with E-state index in [4.69, 9.17) is 9.66 Å². The molecule has 3 N–H and O–H groups in total. The molecule has 162 valence electrons. The summed E-state index contributed by atoms with van der Waals surface area (Å²) < 4.78 is 30.7. The van der Waals surface area contributed by atoms with Crippen molar-refractivity contribution in [1.82, 2.24) is 5.32 Å². The summed E-state index contributed by atoms with van der Waals surface area (Å²) in [7, 11) is -4.24. The van der Waals surface area contributed by atoms with Crippen LogP contribution in [0.1, 0.15) is 16.8 Å². The highest BCUT2D eigenvalue weighted by molar-refractivity contribution is 9.09. The van der Waals surface area contributed by atoms with E-state index in [1.165, 1.54) is 4.90 Å². The third-order valence-corrected chi connectivity index (χ3v) is 4.82. The Labute approximate surface area is 173 Å². The van der Waals surface area contributed by atoms with Crippen LogP contribution in [0.15, 0.2) is 12.1 Å². The molecule has 0 aliphatic heterocycles. The van der Waals surface area contributed by atoms with Gasteiger partial charge in [0.25, 0.3) is 21.7 Å². The first-order valence-electron chi connectivity index (χ1n) is 8.14. The molecule has 0 spiro atoms. The first-order chi connectivity index (χ1) is 13.5. The van der Waals surface area contributed by atoms with Gasteiger partial charge in [0.05, 0.1) is 22.2 Å². The molecular weight excluding hydrogens is 480 g/mol. The monoisotopic (exact) mass is 498 g/mol. The number of hydrogen-bond acceptors (Lipinski definition) is 9. The molecule has 0 aliphatic rings. The first-order valence-corrected chi connectivity index (χ1v) is 10.9. The number of hydrogen-bond donors (Lipinski definition) is 3. The number of aliphatic hydroxyl groups is 1. The van der Waals surface area contributed by atoms with Crippen LogP contribution in [0.5, 0.6) is 0 Å². The largest absolute Gasteiger partial charge is 0.395 e. The van der Waals surface area contributed by atoms with Gasteiger partial charge in [0.2, 0.25) is 0 Å². The van der Waals surface area contributed by atoms with E-state index in [0.29, 0.717) is 5.33 Å². The van der Waals surface area contributed by atoms with Gasteiger partial charge in [-0.2, -0.15) is 8.42 Å². The SMILES string of the molecule is O=C(NCCO)c1c([N+](=O)[O-])ccc(N(CCBr)CCCS(=O)(=O)O)c1[N+](=O)[O-]. The first kappa shape index (κ1) is 24.7. The van der Waals surface area contributed by atoms with Crippen molar-refractivity contribution in [3.8, 4) is 0 Å². The van der Waals surface area contributed by atoms with Gasteiger partial charge in [-0.05, 0) is 12.5 Å². The van der Waals surface area contributed by atoms with Gasteiger partial charge in [0, 0.05) is 31.0 Å². The van der Waals surface area contributed by atoms with E-state index < -0.39 is 55.2 Å². The minimum Gasteiger partial charge on any atom is -0.395 e. The molecule has 0 aromatic heterocycles. The van der Waals surface area contributed by atoms with Gasteiger partial charge in [-0.15, -0.1) is 0 Å². The summed E-state index contributed by atoms with van der Waals surface area (Å²) in [6.45, 7) is -0.626. The Kier molecular flexibility index (Phi) is 9.35. The second-order valence-corrected chi connectivity index (χ2v) is 8.00. The van der Waals surface area contributed by atoms with E-state index in [1.54, 1.807) is 0 Å². The van der Waals surface area contributed by atoms with Crippen LogP contribution < -0.4 is 10.2 Å². The van der Waals surface area contributed by atoms with Crippen molar-refractivity contribution in [2.45, 2.75) is 6.42 Å². The molecule has 0 unspecified atom stereocenters. The number of aliphatic hydroxyl groups excluding tert-OH is 1. The molecule has 29 heavy (non-hydrogen) atoms. The van der Waals surface area contributed by atoms with Crippen LogP contribution in [0, 0.1) is 20.2 Å². The Morgan fingerprint density at radius 3 is 2.34 bits per heavy atom. The summed E-state index contributed by atoms with van der Waals surface area (Å²) in [4.78, 5) is 34.9. The number of nitro groups is 2. The lowest BCUT2D eigenvalue weighted by Crippen LogP contribution is -2.31. The number of rotatable bonds is 12. The van der Waals surface area contributed by atoms with Crippen LogP contribution >= 0.6 is 15.9 Å². The second kappa shape index (κ2) is 11.0. The van der Waals surface area contributed by atoms with E-state index in [1.807, 2.05) is 0 Å². The maximum absolute atomic E-state index is 12.4. The molecule has 1 rings (SSSR count). The number of alkyl halides is 1. The molecule has 0 atom stereocenters. The highest BCUT2D eigenvalue weighted by Crippen LogP contribution is 2.37. The zero-order valence-electron chi connectivity index (χ0n) is 15.0.